The molecule has 2 amide bonds. The van der Waals surface area contributed by atoms with E-state index in [-0.39, 0.29) is 17.6 Å². The monoisotopic (exact) mass is 467 g/mol. The lowest BCUT2D eigenvalue weighted by Gasteiger charge is -2.25. The van der Waals surface area contributed by atoms with Crippen LogP contribution in [0.5, 0.6) is 11.5 Å². The lowest BCUT2D eigenvalue weighted by atomic mass is 10.1. The van der Waals surface area contributed by atoms with Gasteiger partial charge in [-0.15, -0.1) is 10.2 Å². The topological polar surface area (TPSA) is 98.6 Å². The first-order chi connectivity index (χ1) is 16.0. The standard InChI is InChI=1S/C23H25N5O4S/c1-3-28(13-17-7-5-9-19-21(17)32-11-10-31-19)22(30)16-6-4-8-18(12-16)25-20(29)14-33-23-26-24-15-27(23)2/h4-9,12,15H,3,10-11,13-14H2,1-2H3,(H,25,29). The Morgan fingerprint density at radius 1 is 1.18 bits per heavy atom. The minimum atomic E-state index is -0.187. The Kier molecular flexibility index (Phi) is 7.13. The second-order valence-corrected chi connectivity index (χ2v) is 8.35. The molecule has 3 aromatic rings. The average Bonchev–Trinajstić information content (AvgIpc) is 3.25. The van der Waals surface area contributed by atoms with Gasteiger partial charge in [0.05, 0.1) is 5.75 Å². The van der Waals surface area contributed by atoms with E-state index >= 15 is 0 Å². The smallest absolute Gasteiger partial charge is 0.254 e. The highest BCUT2D eigenvalue weighted by molar-refractivity contribution is 7.99. The first-order valence-electron chi connectivity index (χ1n) is 10.6. The minimum Gasteiger partial charge on any atom is -0.486 e. The van der Waals surface area contributed by atoms with Gasteiger partial charge in [-0.05, 0) is 31.2 Å². The average molecular weight is 468 g/mol. The number of aromatic nitrogens is 3. The molecule has 10 heteroatoms. The summed E-state index contributed by atoms with van der Waals surface area (Å²) in [5, 5.41) is 11.2. The number of thioether (sulfide) groups is 1. The van der Waals surface area contributed by atoms with E-state index in [4.69, 9.17) is 9.47 Å². The van der Waals surface area contributed by atoms with Crippen LogP contribution < -0.4 is 14.8 Å². The SMILES string of the molecule is CCN(Cc1cccc2c1OCCO2)C(=O)c1cccc(NC(=O)CSc2nncn2C)c1. The van der Waals surface area contributed by atoms with Crippen LogP contribution in [0, 0.1) is 0 Å². The number of para-hydroxylation sites is 1. The summed E-state index contributed by atoms with van der Waals surface area (Å²) in [5.74, 6) is 1.26. The number of anilines is 1. The van der Waals surface area contributed by atoms with Gasteiger partial charge in [0.2, 0.25) is 5.91 Å². The molecule has 1 aromatic heterocycles. The number of carbonyl (C=O) groups is 2. The Morgan fingerprint density at radius 3 is 2.79 bits per heavy atom. The van der Waals surface area contributed by atoms with Crippen molar-refractivity contribution in [3.05, 3.63) is 59.9 Å². The lowest BCUT2D eigenvalue weighted by molar-refractivity contribution is -0.113. The normalized spacial score (nSPS) is 12.3. The van der Waals surface area contributed by atoms with Gasteiger partial charge in [-0.2, -0.15) is 0 Å². The van der Waals surface area contributed by atoms with Crippen molar-refractivity contribution < 1.29 is 19.1 Å². The van der Waals surface area contributed by atoms with Crippen molar-refractivity contribution in [2.75, 3.05) is 30.8 Å². The van der Waals surface area contributed by atoms with Gasteiger partial charge in [0, 0.05) is 37.0 Å². The van der Waals surface area contributed by atoms with Gasteiger partial charge in [-0.1, -0.05) is 30.0 Å². The quantitative estimate of drug-likeness (QED) is 0.509. The van der Waals surface area contributed by atoms with Crippen LogP contribution in [-0.4, -0.2) is 57.0 Å². The van der Waals surface area contributed by atoms with Gasteiger partial charge in [0.1, 0.15) is 19.5 Å². The number of nitrogens with one attached hydrogen (secondary N) is 1. The zero-order chi connectivity index (χ0) is 23.2. The molecular weight excluding hydrogens is 442 g/mol. The van der Waals surface area contributed by atoms with Crippen molar-refractivity contribution in [3.63, 3.8) is 0 Å². The summed E-state index contributed by atoms with van der Waals surface area (Å²) in [5.41, 5.74) is 1.96. The van der Waals surface area contributed by atoms with Crippen LogP contribution in [0.15, 0.2) is 53.9 Å². The van der Waals surface area contributed by atoms with E-state index in [1.807, 2.05) is 32.2 Å². The summed E-state index contributed by atoms with van der Waals surface area (Å²) in [6.07, 6.45) is 1.58. The molecule has 0 radical (unpaired) electrons. The van der Waals surface area contributed by atoms with Crippen LogP contribution in [0.3, 0.4) is 0 Å². The van der Waals surface area contributed by atoms with E-state index in [1.54, 1.807) is 40.1 Å². The number of rotatable bonds is 8. The molecular formula is C23H25N5O4S. The molecule has 172 valence electrons. The summed E-state index contributed by atoms with van der Waals surface area (Å²) in [6, 6.07) is 12.7. The van der Waals surface area contributed by atoms with Crippen molar-refractivity contribution in [1.29, 1.82) is 0 Å². The maximum absolute atomic E-state index is 13.2. The molecule has 0 atom stereocenters. The summed E-state index contributed by atoms with van der Waals surface area (Å²) in [4.78, 5) is 27.3. The van der Waals surface area contributed by atoms with E-state index in [9.17, 15) is 9.59 Å². The van der Waals surface area contributed by atoms with Crippen molar-refractivity contribution in [1.82, 2.24) is 19.7 Å². The molecule has 0 saturated carbocycles. The fraction of sp³-hybridized carbons (Fsp3) is 0.304. The molecule has 1 N–H and O–H groups in total. The summed E-state index contributed by atoms with van der Waals surface area (Å²) in [7, 11) is 1.82. The number of hydrogen-bond acceptors (Lipinski definition) is 7. The highest BCUT2D eigenvalue weighted by Gasteiger charge is 2.21. The Balaban J connectivity index is 1.42. The highest BCUT2D eigenvalue weighted by atomic mass is 32.2. The number of benzene rings is 2. The lowest BCUT2D eigenvalue weighted by Crippen LogP contribution is -2.31. The van der Waals surface area contributed by atoms with Crippen LogP contribution in [0.25, 0.3) is 0 Å². The number of ether oxygens (including phenoxy) is 2. The third-order valence-corrected chi connectivity index (χ3v) is 6.11. The van der Waals surface area contributed by atoms with Crippen molar-refractivity contribution in [2.24, 2.45) is 7.05 Å². The van der Waals surface area contributed by atoms with E-state index in [0.29, 0.717) is 54.2 Å². The van der Waals surface area contributed by atoms with Crippen molar-refractivity contribution in [2.45, 2.75) is 18.6 Å². The van der Waals surface area contributed by atoms with Crippen LogP contribution in [-0.2, 0) is 18.4 Å². The molecule has 0 bridgehead atoms. The summed E-state index contributed by atoms with van der Waals surface area (Å²) < 4.78 is 13.2. The number of hydrogen-bond donors (Lipinski definition) is 1. The molecule has 0 unspecified atom stereocenters. The molecule has 0 aliphatic carbocycles. The fourth-order valence-corrected chi connectivity index (χ4v) is 4.12. The van der Waals surface area contributed by atoms with E-state index in [1.165, 1.54) is 11.8 Å². The number of amides is 2. The van der Waals surface area contributed by atoms with E-state index in [2.05, 4.69) is 15.5 Å². The van der Waals surface area contributed by atoms with E-state index in [0.717, 1.165) is 5.56 Å². The zero-order valence-electron chi connectivity index (χ0n) is 18.5. The Labute approximate surface area is 196 Å². The number of aryl methyl sites for hydroxylation is 1. The molecule has 9 nitrogen and oxygen atoms in total. The van der Waals surface area contributed by atoms with Gasteiger partial charge < -0.3 is 24.3 Å². The van der Waals surface area contributed by atoms with Gasteiger partial charge in [-0.3, -0.25) is 9.59 Å². The van der Waals surface area contributed by atoms with Crippen molar-refractivity contribution in [3.8, 4) is 11.5 Å². The van der Waals surface area contributed by atoms with Gasteiger partial charge in [-0.25, -0.2) is 0 Å². The number of nitrogens with zero attached hydrogens (tertiary/aromatic N) is 4. The first-order valence-corrected chi connectivity index (χ1v) is 11.6. The maximum atomic E-state index is 13.2. The maximum Gasteiger partial charge on any atom is 0.254 e. The number of fused-ring (bicyclic) bond motifs is 1. The highest BCUT2D eigenvalue weighted by Crippen LogP contribution is 2.34. The Hall–Kier alpha value is -3.53. The van der Waals surface area contributed by atoms with E-state index < -0.39 is 0 Å². The van der Waals surface area contributed by atoms with Crippen LogP contribution >= 0.6 is 11.8 Å². The second-order valence-electron chi connectivity index (χ2n) is 7.40. The molecule has 2 aromatic carbocycles. The molecule has 2 heterocycles. The fourth-order valence-electron chi connectivity index (χ4n) is 3.43. The second kappa shape index (κ2) is 10.4. The number of carbonyl (C=O) groups excluding carboxylic acids is 2. The van der Waals surface area contributed by atoms with Crippen LogP contribution in [0.4, 0.5) is 5.69 Å². The molecule has 0 fully saturated rings. The third kappa shape index (κ3) is 5.46. The van der Waals surface area contributed by atoms with Crippen molar-refractivity contribution >= 4 is 29.3 Å². The predicted octanol–water partition coefficient (Wildman–Crippen LogP) is 2.98. The molecule has 0 spiro atoms. The predicted molar refractivity (Wildman–Crippen MR) is 125 cm³/mol. The molecule has 33 heavy (non-hydrogen) atoms. The zero-order valence-corrected chi connectivity index (χ0v) is 19.3. The minimum absolute atomic E-state index is 0.128. The Bertz CT molecular complexity index is 1150. The van der Waals surface area contributed by atoms with Gasteiger partial charge in [0.25, 0.3) is 5.91 Å². The molecule has 1 aliphatic rings. The largest absolute Gasteiger partial charge is 0.486 e. The van der Waals surface area contributed by atoms with Crippen LogP contribution in [0.1, 0.15) is 22.8 Å². The summed E-state index contributed by atoms with van der Waals surface area (Å²) >= 11 is 1.29. The van der Waals surface area contributed by atoms with Gasteiger partial charge in [0.15, 0.2) is 16.7 Å². The van der Waals surface area contributed by atoms with Crippen LogP contribution in [0.2, 0.25) is 0 Å². The van der Waals surface area contributed by atoms with Gasteiger partial charge >= 0.3 is 0 Å². The Morgan fingerprint density at radius 2 is 2.00 bits per heavy atom. The molecule has 0 saturated heterocycles. The molecule has 4 rings (SSSR count). The first kappa shape index (κ1) is 22.7. The molecule has 1 aliphatic heterocycles. The third-order valence-electron chi connectivity index (χ3n) is 5.07. The summed E-state index contributed by atoms with van der Waals surface area (Å²) in [6.45, 7) is 3.85.